The number of hydrogen-bond donors (Lipinski definition) is 4. The van der Waals surface area contributed by atoms with Crippen molar-refractivity contribution in [3.63, 3.8) is 0 Å². The molecule has 0 aromatic carbocycles. The molecule has 22 heavy (non-hydrogen) atoms. The van der Waals surface area contributed by atoms with Gasteiger partial charge in [-0.2, -0.15) is 5.21 Å². The van der Waals surface area contributed by atoms with E-state index >= 15 is 0 Å². The van der Waals surface area contributed by atoms with Crippen LogP contribution in [0.1, 0.15) is 19.8 Å². The monoisotopic (exact) mass is 356 g/mol. The summed E-state index contributed by atoms with van der Waals surface area (Å²) < 4.78 is 13.2. The van der Waals surface area contributed by atoms with Crippen LogP contribution in [0.3, 0.4) is 0 Å². The molecule has 12 heteroatoms. The van der Waals surface area contributed by atoms with Crippen LogP contribution in [0.2, 0.25) is 0 Å². The van der Waals surface area contributed by atoms with E-state index in [1.165, 1.54) is 6.08 Å². The molecule has 1 aromatic heterocycles. The maximum Gasteiger partial charge on any atom is 0.269 e. The lowest BCUT2D eigenvalue weighted by atomic mass is 10.1. The number of nitrogens with two attached hydrogens (primary N) is 2. The van der Waals surface area contributed by atoms with Crippen molar-refractivity contribution in [2.75, 3.05) is 11.9 Å². The van der Waals surface area contributed by atoms with Gasteiger partial charge in [-0.05, 0) is 25.0 Å². The molecule has 0 aliphatic carbocycles. The van der Waals surface area contributed by atoms with E-state index in [0.717, 1.165) is 0 Å². The Kier molecular flexibility index (Phi) is 12.1. The van der Waals surface area contributed by atoms with Crippen LogP contribution in [0.25, 0.3) is 0 Å². The quantitative estimate of drug-likeness (QED) is 0.408. The highest BCUT2D eigenvalue weighted by atomic mass is 35.5. The lowest BCUT2D eigenvalue weighted by Crippen LogP contribution is -2.35. The number of amidine groups is 1. The number of rotatable bonds is 7. The fourth-order valence-electron chi connectivity index (χ4n) is 1.23. The van der Waals surface area contributed by atoms with E-state index in [2.05, 4.69) is 30.9 Å². The van der Waals surface area contributed by atoms with Crippen LogP contribution < -0.4 is 16.8 Å². The molecule has 6 N–H and O–H groups in total. The van der Waals surface area contributed by atoms with Crippen LogP contribution in [0, 0.1) is 0 Å². The molecular formula is C10H19Cl2FN8O. The summed E-state index contributed by atoms with van der Waals surface area (Å²) in [6.45, 7) is 1.47. The number of nitrogens with zero attached hydrogens (tertiary/aromatic N) is 4. The highest BCUT2D eigenvalue weighted by Gasteiger charge is 2.14. The number of carbonyl (C=O) groups excluding carboxylic acids is 1. The van der Waals surface area contributed by atoms with Crippen molar-refractivity contribution in [3.05, 3.63) is 11.9 Å². The molecule has 126 valence electrons. The summed E-state index contributed by atoms with van der Waals surface area (Å²) >= 11 is 0. The Morgan fingerprint density at radius 1 is 1.55 bits per heavy atom. The number of anilines is 1. The molecule has 0 fully saturated rings. The molecule has 1 rings (SSSR count). The second-order valence-electron chi connectivity index (χ2n) is 4.02. The Hall–Kier alpha value is -1.78. The summed E-state index contributed by atoms with van der Waals surface area (Å²) in [4.78, 5) is 15.3. The molecule has 0 spiro atoms. The van der Waals surface area contributed by atoms with Gasteiger partial charge in [0.15, 0.2) is 0 Å². The van der Waals surface area contributed by atoms with E-state index < -0.39 is 17.8 Å². The minimum Gasteiger partial charge on any atom is -0.388 e. The van der Waals surface area contributed by atoms with Crippen molar-refractivity contribution in [1.29, 1.82) is 0 Å². The summed E-state index contributed by atoms with van der Waals surface area (Å²) in [6.07, 6.45) is 1.92. The number of halogens is 3. The van der Waals surface area contributed by atoms with Gasteiger partial charge in [0.05, 0.1) is 18.4 Å². The first-order valence-corrected chi connectivity index (χ1v) is 5.90. The van der Waals surface area contributed by atoms with Gasteiger partial charge in [0, 0.05) is 0 Å². The molecule has 9 nitrogen and oxygen atoms in total. The first kappa shape index (κ1) is 22.5. The normalized spacial score (nSPS) is 12.9. The van der Waals surface area contributed by atoms with Crippen LogP contribution in [-0.2, 0) is 4.79 Å². The van der Waals surface area contributed by atoms with Crippen molar-refractivity contribution in [3.8, 4) is 0 Å². The second kappa shape index (κ2) is 11.8. The molecule has 0 saturated heterocycles. The Labute approximate surface area is 139 Å². The summed E-state index contributed by atoms with van der Waals surface area (Å²) in [5, 5.41) is 14.9. The predicted molar refractivity (Wildman–Crippen MR) is 85.9 cm³/mol. The number of hydrogen-bond acceptors (Lipinski definition) is 6. The van der Waals surface area contributed by atoms with E-state index in [4.69, 9.17) is 11.5 Å². The molecular weight excluding hydrogens is 338 g/mol. The first-order valence-electron chi connectivity index (χ1n) is 5.90. The average Bonchev–Trinajstić information content (AvgIpc) is 2.89. The van der Waals surface area contributed by atoms with Gasteiger partial charge in [0.2, 0.25) is 5.91 Å². The number of carbonyl (C=O) groups is 1. The van der Waals surface area contributed by atoms with Crippen LogP contribution in [0.4, 0.5) is 10.3 Å². The number of nitrogens with one attached hydrogen (secondary N) is 2. The van der Waals surface area contributed by atoms with E-state index in [-0.39, 0.29) is 43.7 Å². The third-order valence-electron chi connectivity index (χ3n) is 2.24. The van der Waals surface area contributed by atoms with Gasteiger partial charge in [0.25, 0.3) is 5.95 Å². The molecule has 1 atom stereocenters. The van der Waals surface area contributed by atoms with E-state index in [1.807, 2.05) is 0 Å². The smallest absolute Gasteiger partial charge is 0.269 e. The van der Waals surface area contributed by atoms with Crippen LogP contribution in [0.15, 0.2) is 16.9 Å². The zero-order valence-electron chi connectivity index (χ0n) is 11.8. The number of amides is 1. The third kappa shape index (κ3) is 9.21. The SMILES string of the molecule is CC(N)=NC/C(F)=C\CC[C@H](N)C(=O)Nc1nn[nH]n1.Cl.Cl. The lowest BCUT2D eigenvalue weighted by Gasteiger charge is -2.08. The summed E-state index contributed by atoms with van der Waals surface area (Å²) in [7, 11) is 0. The minimum absolute atomic E-state index is 0. The standard InChI is InChI=1S/C10H17FN8O.2ClH/c1-6(12)14-5-7(11)3-2-4-8(13)9(20)15-10-16-18-19-17-10;;/h3,8H,2,4-5,13H2,1H3,(H2,12,14)(H2,15,16,17,18,19,20);2*1H/b7-3+;;/t8-;;/m0../s1. The van der Waals surface area contributed by atoms with Crippen molar-refractivity contribution in [2.24, 2.45) is 16.5 Å². The largest absolute Gasteiger partial charge is 0.388 e. The van der Waals surface area contributed by atoms with Crippen molar-refractivity contribution in [2.45, 2.75) is 25.8 Å². The zero-order valence-corrected chi connectivity index (χ0v) is 13.5. The lowest BCUT2D eigenvalue weighted by molar-refractivity contribution is -0.117. The number of aliphatic imine (C=N–C) groups is 1. The topological polar surface area (TPSA) is 148 Å². The van der Waals surface area contributed by atoms with Gasteiger partial charge in [-0.15, -0.1) is 29.9 Å². The van der Waals surface area contributed by atoms with Crippen LogP contribution in [0.5, 0.6) is 0 Å². The maximum atomic E-state index is 13.2. The molecule has 0 bridgehead atoms. The number of tetrazole rings is 1. The van der Waals surface area contributed by atoms with Gasteiger partial charge in [-0.25, -0.2) is 4.39 Å². The minimum atomic E-state index is -0.794. The number of H-pyrrole nitrogens is 1. The van der Waals surface area contributed by atoms with Crippen LogP contribution >= 0.6 is 24.8 Å². The van der Waals surface area contributed by atoms with Crippen molar-refractivity contribution >= 4 is 42.5 Å². The van der Waals surface area contributed by atoms with E-state index in [9.17, 15) is 9.18 Å². The molecule has 0 saturated carbocycles. The van der Waals surface area contributed by atoms with Gasteiger partial charge in [0.1, 0.15) is 5.83 Å². The Morgan fingerprint density at radius 2 is 2.23 bits per heavy atom. The molecule has 0 radical (unpaired) electrons. The van der Waals surface area contributed by atoms with Crippen molar-refractivity contribution < 1.29 is 9.18 Å². The summed E-state index contributed by atoms with van der Waals surface area (Å²) in [5.74, 6) is -0.527. The zero-order chi connectivity index (χ0) is 15.0. The number of aromatic nitrogens is 4. The fourth-order valence-corrected chi connectivity index (χ4v) is 1.23. The van der Waals surface area contributed by atoms with Gasteiger partial charge in [-0.1, -0.05) is 11.2 Å². The molecule has 0 aliphatic heterocycles. The van der Waals surface area contributed by atoms with E-state index in [1.54, 1.807) is 6.92 Å². The summed E-state index contributed by atoms with van der Waals surface area (Å²) in [6, 6.07) is -0.794. The van der Waals surface area contributed by atoms with Gasteiger partial charge >= 0.3 is 0 Å². The molecule has 1 heterocycles. The highest BCUT2D eigenvalue weighted by Crippen LogP contribution is 2.04. The van der Waals surface area contributed by atoms with Crippen LogP contribution in [-0.4, -0.2) is 45.0 Å². The fraction of sp³-hybridized carbons (Fsp3) is 0.500. The molecule has 0 unspecified atom stereocenters. The second-order valence-corrected chi connectivity index (χ2v) is 4.02. The van der Waals surface area contributed by atoms with E-state index in [0.29, 0.717) is 12.3 Å². The summed E-state index contributed by atoms with van der Waals surface area (Å²) in [5.41, 5.74) is 10.9. The average molecular weight is 357 g/mol. The first-order chi connectivity index (χ1) is 9.49. The number of allylic oxidation sites excluding steroid dienone is 1. The molecule has 0 aliphatic rings. The molecule has 1 aromatic rings. The number of aromatic amines is 1. The van der Waals surface area contributed by atoms with Gasteiger partial charge in [-0.3, -0.25) is 15.1 Å². The van der Waals surface area contributed by atoms with Crippen molar-refractivity contribution in [1.82, 2.24) is 20.6 Å². The maximum absolute atomic E-state index is 13.2. The Balaban J connectivity index is 0. The third-order valence-corrected chi connectivity index (χ3v) is 2.24. The predicted octanol–water partition coefficient (Wildman–Crippen LogP) is 0.320. The Bertz CT molecular complexity index is 489. The van der Waals surface area contributed by atoms with Gasteiger partial charge < -0.3 is 11.5 Å². The highest BCUT2D eigenvalue weighted by molar-refractivity contribution is 5.93. The Morgan fingerprint density at radius 3 is 2.77 bits per heavy atom. The molecule has 1 amide bonds.